The first kappa shape index (κ1) is 18.9. The normalized spacial score (nSPS) is 9.81. The topological polar surface area (TPSA) is 190 Å². The van der Waals surface area contributed by atoms with Gasteiger partial charge in [0.25, 0.3) is 15.3 Å². The lowest BCUT2D eigenvalue weighted by atomic mass is 10.3. The minimum atomic E-state index is -1.17. The summed E-state index contributed by atoms with van der Waals surface area (Å²) in [6.45, 7) is 0. The van der Waals surface area contributed by atoms with Crippen molar-refractivity contribution in [3.05, 3.63) is 72.8 Å². The van der Waals surface area contributed by atoms with E-state index in [4.69, 9.17) is 4.84 Å². The van der Waals surface area contributed by atoms with E-state index >= 15 is 0 Å². The molecule has 1 N–H and O–H groups in total. The quantitative estimate of drug-likeness (QED) is 0.486. The van der Waals surface area contributed by atoms with Crippen LogP contribution in [0.2, 0.25) is 0 Å². The van der Waals surface area contributed by atoms with Crippen LogP contribution in [0.3, 0.4) is 0 Å². The van der Waals surface area contributed by atoms with E-state index in [0.717, 1.165) is 30.3 Å². The number of hydrogen-bond acceptors (Lipinski definition) is 12. The molecule has 15 nitrogen and oxygen atoms in total. The second-order valence-electron chi connectivity index (χ2n) is 4.44. The van der Waals surface area contributed by atoms with Crippen LogP contribution >= 0.6 is 0 Å². The molecule has 0 aromatic heterocycles. The first-order chi connectivity index (χ1) is 12.7. The maximum atomic E-state index is 10.4. The van der Waals surface area contributed by atoms with Gasteiger partial charge < -0.3 is 4.84 Å². The van der Waals surface area contributed by atoms with Crippen LogP contribution in [0.15, 0.2) is 42.5 Å². The summed E-state index contributed by atoms with van der Waals surface area (Å²) in [5.41, 5.74) is -0.0250. The molecule has 27 heavy (non-hydrogen) atoms. The van der Waals surface area contributed by atoms with Crippen LogP contribution in [0.4, 0.5) is 5.69 Å². The van der Waals surface area contributed by atoms with E-state index in [9.17, 15) is 35.6 Å². The third kappa shape index (κ3) is 5.87. The molecule has 0 aliphatic carbocycles. The highest BCUT2D eigenvalue weighted by molar-refractivity contribution is 5.47. The first-order valence-electron chi connectivity index (χ1n) is 6.62. The van der Waals surface area contributed by atoms with Gasteiger partial charge in [-0.3, -0.25) is 19.7 Å². The van der Waals surface area contributed by atoms with Crippen molar-refractivity contribution in [3.63, 3.8) is 0 Å². The van der Waals surface area contributed by atoms with Gasteiger partial charge in [0, 0.05) is 12.1 Å². The van der Waals surface area contributed by atoms with Crippen molar-refractivity contribution in [2.24, 2.45) is 0 Å². The molecule has 0 bridgehead atoms. The number of nitrogens with zero attached hydrogens (tertiary/aromatic N) is 4. The Morgan fingerprint density at radius 3 is 1.56 bits per heavy atom. The smallest absolute Gasteiger partial charge is 0.299 e. The zero-order valence-electron chi connectivity index (χ0n) is 12.9. The fourth-order valence-corrected chi connectivity index (χ4v) is 1.75. The lowest BCUT2D eigenvalue weighted by molar-refractivity contribution is -0.713. The van der Waals surface area contributed by atoms with Gasteiger partial charge in [-0.2, -0.15) is 0 Å². The Hall–Kier alpha value is -4.40. The number of rotatable bonds is 9. The molecule has 0 aliphatic rings. The zero-order valence-corrected chi connectivity index (χ0v) is 12.9. The van der Waals surface area contributed by atoms with Gasteiger partial charge in [-0.25, -0.2) is 0 Å². The predicted molar refractivity (Wildman–Crippen MR) is 80.6 cm³/mol. The fourth-order valence-electron chi connectivity index (χ4n) is 1.75. The van der Waals surface area contributed by atoms with E-state index in [1.807, 2.05) is 0 Å². The van der Waals surface area contributed by atoms with Crippen molar-refractivity contribution in [3.8, 4) is 23.0 Å². The Morgan fingerprint density at radius 1 is 0.704 bits per heavy atom. The largest absolute Gasteiger partial charge is 0.354 e. The van der Waals surface area contributed by atoms with Crippen LogP contribution < -0.4 is 24.6 Å². The van der Waals surface area contributed by atoms with Crippen molar-refractivity contribution in [2.75, 3.05) is 5.23 Å². The molecule has 142 valence electrons. The molecule has 15 heteroatoms. The molecular weight excluding hydrogens is 376 g/mol. The highest BCUT2D eigenvalue weighted by Crippen LogP contribution is 2.29. The van der Waals surface area contributed by atoms with Crippen molar-refractivity contribution in [1.29, 1.82) is 0 Å². The van der Waals surface area contributed by atoms with Crippen LogP contribution in [-0.2, 0) is 0 Å². The lowest BCUT2D eigenvalue weighted by Crippen LogP contribution is -2.22. The summed E-state index contributed by atoms with van der Waals surface area (Å²) >= 11 is 0. The molecule has 0 unspecified atom stereocenters. The van der Waals surface area contributed by atoms with E-state index in [-0.39, 0.29) is 22.4 Å². The van der Waals surface area contributed by atoms with Gasteiger partial charge in [0.05, 0.1) is 0 Å². The summed E-state index contributed by atoms with van der Waals surface area (Å²) in [6.07, 6.45) is 0. The Bertz CT molecular complexity index is 823. The minimum Gasteiger partial charge on any atom is -0.354 e. The summed E-state index contributed by atoms with van der Waals surface area (Å²) in [5, 5.41) is 37.8. The molecule has 0 heterocycles. The van der Waals surface area contributed by atoms with Gasteiger partial charge >= 0.3 is 0 Å². The molecule has 0 spiro atoms. The molecule has 0 aliphatic heterocycles. The molecule has 2 aromatic carbocycles. The van der Waals surface area contributed by atoms with E-state index in [0.29, 0.717) is 0 Å². The monoisotopic (exact) mass is 384 g/mol. The Balaban J connectivity index is 2.19. The van der Waals surface area contributed by atoms with Crippen LogP contribution in [0.5, 0.6) is 23.0 Å². The molecule has 0 saturated heterocycles. The molecule has 2 rings (SSSR count). The summed E-state index contributed by atoms with van der Waals surface area (Å²) < 4.78 is 0. The molecule has 0 atom stereocenters. The second-order valence-corrected chi connectivity index (χ2v) is 4.44. The highest BCUT2D eigenvalue weighted by atomic mass is 17.0. The summed E-state index contributed by atoms with van der Waals surface area (Å²) in [5.74, 6) is -1.39. The summed E-state index contributed by atoms with van der Waals surface area (Å²) in [7, 11) is 0. The van der Waals surface area contributed by atoms with Gasteiger partial charge in [0.15, 0.2) is 5.75 Å². The van der Waals surface area contributed by atoms with Crippen molar-refractivity contribution < 1.29 is 39.8 Å². The summed E-state index contributed by atoms with van der Waals surface area (Å²) in [6, 6.07) is 7.42. The molecule has 0 radical (unpaired) electrons. The standard InChI is InChI=1S/C12H8N4O11/c17-13(8-1-3-9(4-2-8)25-14(18)19)24-10-5-11(26-15(20)21)7-12(6-10)27-16(22)23/h1-7,17H. The molecule has 2 aromatic rings. The SMILES string of the molecule is O=[N+]([O-])Oc1ccc(N(O)Oc2cc(O[N+](=O)[O-])cc(O[N+](=O)[O-])c2)cc1. The van der Waals surface area contributed by atoms with E-state index in [2.05, 4.69) is 14.5 Å². The maximum absolute atomic E-state index is 10.4. The van der Waals surface area contributed by atoms with E-state index in [1.54, 1.807) is 0 Å². The molecule has 0 saturated carbocycles. The van der Waals surface area contributed by atoms with Gasteiger partial charge in [0.2, 0.25) is 0 Å². The number of anilines is 1. The second kappa shape index (κ2) is 8.12. The Kier molecular flexibility index (Phi) is 5.69. The van der Waals surface area contributed by atoms with Gasteiger partial charge in [-0.1, -0.05) is 5.23 Å². The average Bonchev–Trinajstić information content (AvgIpc) is 2.53. The molecule has 0 amide bonds. The minimum absolute atomic E-state index is 0.0250. The van der Waals surface area contributed by atoms with Gasteiger partial charge in [-0.05, 0) is 30.3 Å². The highest BCUT2D eigenvalue weighted by Gasteiger charge is 2.13. The van der Waals surface area contributed by atoms with Crippen molar-refractivity contribution in [2.45, 2.75) is 0 Å². The number of hydrogen-bond donors (Lipinski definition) is 1. The van der Waals surface area contributed by atoms with E-state index in [1.165, 1.54) is 12.1 Å². The summed E-state index contributed by atoms with van der Waals surface area (Å²) in [4.78, 5) is 48.6. The zero-order chi connectivity index (χ0) is 20.0. The third-order valence-electron chi connectivity index (χ3n) is 2.64. The Morgan fingerprint density at radius 2 is 1.11 bits per heavy atom. The Labute approximate surface area is 147 Å². The molecular formula is C12H8N4O11. The maximum Gasteiger partial charge on any atom is 0.299 e. The predicted octanol–water partition coefficient (Wildman–Crippen LogP) is 1.59. The first-order valence-corrected chi connectivity index (χ1v) is 6.62. The average molecular weight is 384 g/mol. The lowest BCUT2D eigenvalue weighted by Gasteiger charge is -2.17. The van der Waals surface area contributed by atoms with Crippen LogP contribution in [0.25, 0.3) is 0 Å². The molecule has 0 fully saturated rings. The van der Waals surface area contributed by atoms with Crippen molar-refractivity contribution >= 4 is 5.69 Å². The van der Waals surface area contributed by atoms with E-state index < -0.39 is 26.8 Å². The third-order valence-corrected chi connectivity index (χ3v) is 2.64. The van der Waals surface area contributed by atoms with Crippen LogP contribution in [0, 0.1) is 30.3 Å². The number of benzene rings is 2. The van der Waals surface area contributed by atoms with Crippen LogP contribution in [0.1, 0.15) is 0 Å². The fraction of sp³-hybridized carbons (Fsp3) is 0. The van der Waals surface area contributed by atoms with Gasteiger partial charge in [-0.15, -0.1) is 30.3 Å². The van der Waals surface area contributed by atoms with Crippen LogP contribution in [-0.4, -0.2) is 20.5 Å². The van der Waals surface area contributed by atoms with Gasteiger partial charge in [0.1, 0.15) is 22.9 Å². The van der Waals surface area contributed by atoms with Crippen molar-refractivity contribution in [1.82, 2.24) is 0 Å².